The van der Waals surface area contributed by atoms with Crippen molar-refractivity contribution >= 4 is 28.2 Å². The van der Waals surface area contributed by atoms with Gasteiger partial charge in [-0.3, -0.25) is 0 Å². The molecule has 158 valence electrons. The molecule has 1 fully saturated rings. The minimum atomic E-state index is -0.276. The van der Waals surface area contributed by atoms with Gasteiger partial charge >= 0.3 is 0 Å². The van der Waals surface area contributed by atoms with Gasteiger partial charge in [-0.05, 0) is 49.1 Å². The normalized spacial score (nSPS) is 14.0. The summed E-state index contributed by atoms with van der Waals surface area (Å²) in [5, 5.41) is 4.63. The second-order valence-corrected chi connectivity index (χ2v) is 8.23. The SMILES string of the molecule is CC(C)c1cnc(-c2ccc(F)cc2)nc1Nc1ccnc2[nH]cc(N3CCCC3)c12. The highest BCUT2D eigenvalue weighted by Gasteiger charge is 2.20. The molecular formula is C24H25FN6. The van der Waals surface area contributed by atoms with E-state index < -0.39 is 0 Å². The lowest BCUT2D eigenvalue weighted by molar-refractivity contribution is 0.628. The van der Waals surface area contributed by atoms with Crippen molar-refractivity contribution in [3.05, 3.63) is 60.3 Å². The van der Waals surface area contributed by atoms with Crippen molar-refractivity contribution in [1.82, 2.24) is 19.9 Å². The van der Waals surface area contributed by atoms with Gasteiger partial charge in [0.2, 0.25) is 0 Å². The van der Waals surface area contributed by atoms with Crippen LogP contribution in [-0.2, 0) is 0 Å². The zero-order valence-corrected chi connectivity index (χ0v) is 17.7. The minimum Gasteiger partial charge on any atom is -0.370 e. The van der Waals surface area contributed by atoms with Crippen LogP contribution in [-0.4, -0.2) is 33.0 Å². The number of pyridine rings is 1. The molecule has 0 aliphatic carbocycles. The van der Waals surface area contributed by atoms with Gasteiger partial charge in [0.25, 0.3) is 0 Å². The summed E-state index contributed by atoms with van der Waals surface area (Å²) in [5.41, 5.74) is 4.78. The van der Waals surface area contributed by atoms with E-state index in [9.17, 15) is 4.39 Å². The third-order valence-electron chi connectivity index (χ3n) is 5.79. The average molecular weight is 417 g/mol. The van der Waals surface area contributed by atoms with Gasteiger partial charge in [0.15, 0.2) is 5.82 Å². The van der Waals surface area contributed by atoms with E-state index in [1.165, 1.54) is 30.7 Å². The quantitative estimate of drug-likeness (QED) is 0.441. The molecule has 31 heavy (non-hydrogen) atoms. The molecule has 3 aromatic heterocycles. The third-order valence-corrected chi connectivity index (χ3v) is 5.79. The van der Waals surface area contributed by atoms with Gasteiger partial charge in [0.1, 0.15) is 17.3 Å². The number of nitrogens with one attached hydrogen (secondary N) is 2. The van der Waals surface area contributed by atoms with Crippen LogP contribution in [0.25, 0.3) is 22.4 Å². The summed E-state index contributed by atoms with van der Waals surface area (Å²) in [6.45, 7) is 6.35. The highest BCUT2D eigenvalue weighted by atomic mass is 19.1. The van der Waals surface area contributed by atoms with Crippen LogP contribution in [0.2, 0.25) is 0 Å². The lowest BCUT2D eigenvalue weighted by Crippen LogP contribution is -2.17. The van der Waals surface area contributed by atoms with Crippen LogP contribution in [0.15, 0.2) is 48.9 Å². The second kappa shape index (κ2) is 7.98. The Bertz CT molecular complexity index is 1210. The lowest BCUT2D eigenvalue weighted by Gasteiger charge is -2.19. The Morgan fingerprint density at radius 3 is 2.58 bits per heavy atom. The average Bonchev–Trinajstić information content (AvgIpc) is 3.44. The summed E-state index contributed by atoms with van der Waals surface area (Å²) in [6, 6.07) is 8.24. The van der Waals surface area contributed by atoms with E-state index >= 15 is 0 Å². The van der Waals surface area contributed by atoms with Crippen molar-refractivity contribution in [3.8, 4) is 11.4 Å². The summed E-state index contributed by atoms with van der Waals surface area (Å²) in [6.07, 6.45) is 8.11. The number of halogens is 1. The molecule has 0 unspecified atom stereocenters. The largest absolute Gasteiger partial charge is 0.370 e. The molecular weight excluding hydrogens is 391 g/mol. The summed E-state index contributed by atoms with van der Waals surface area (Å²) in [4.78, 5) is 19.6. The van der Waals surface area contributed by atoms with Crippen LogP contribution in [0.4, 0.5) is 21.6 Å². The molecule has 0 saturated carbocycles. The molecule has 1 aromatic carbocycles. The maximum Gasteiger partial charge on any atom is 0.161 e. The first-order chi connectivity index (χ1) is 15.1. The van der Waals surface area contributed by atoms with E-state index in [1.54, 1.807) is 18.3 Å². The molecule has 0 spiro atoms. The Morgan fingerprint density at radius 1 is 1.06 bits per heavy atom. The lowest BCUT2D eigenvalue weighted by atomic mass is 10.1. The topological polar surface area (TPSA) is 69.7 Å². The standard InChI is InChI=1S/C24H25FN6/c1-15(2)18-13-27-22(16-5-7-17(25)8-6-16)30-23(18)29-19-9-10-26-24-21(19)20(14-28-24)31-11-3-4-12-31/h5-10,13-15H,3-4,11-12H2,1-2H3,(H2,26,27,28,29,30). The number of rotatable bonds is 5. The van der Waals surface area contributed by atoms with E-state index in [-0.39, 0.29) is 11.7 Å². The fourth-order valence-corrected chi connectivity index (χ4v) is 4.13. The van der Waals surface area contributed by atoms with Crippen LogP contribution in [0.3, 0.4) is 0 Å². The molecule has 5 rings (SSSR count). The van der Waals surface area contributed by atoms with Crippen molar-refractivity contribution in [3.63, 3.8) is 0 Å². The fourth-order valence-electron chi connectivity index (χ4n) is 4.13. The van der Waals surface area contributed by atoms with Gasteiger partial charge in [-0.2, -0.15) is 0 Å². The highest BCUT2D eigenvalue weighted by molar-refractivity contribution is 6.01. The summed E-state index contributed by atoms with van der Waals surface area (Å²) in [5.74, 6) is 1.28. The van der Waals surface area contributed by atoms with Gasteiger partial charge in [-0.15, -0.1) is 0 Å². The smallest absolute Gasteiger partial charge is 0.161 e. The predicted molar refractivity (Wildman–Crippen MR) is 122 cm³/mol. The molecule has 6 nitrogen and oxygen atoms in total. The Morgan fingerprint density at radius 2 is 1.84 bits per heavy atom. The number of aromatic nitrogens is 4. The fraction of sp³-hybridized carbons (Fsp3) is 0.292. The van der Waals surface area contributed by atoms with Gasteiger partial charge < -0.3 is 15.2 Å². The molecule has 1 aliphatic rings. The Kier molecular flexibility index (Phi) is 5.02. The first kappa shape index (κ1) is 19.5. The number of H-pyrrole nitrogens is 1. The summed E-state index contributed by atoms with van der Waals surface area (Å²) >= 11 is 0. The van der Waals surface area contributed by atoms with E-state index in [4.69, 9.17) is 4.98 Å². The van der Waals surface area contributed by atoms with Crippen molar-refractivity contribution in [2.75, 3.05) is 23.3 Å². The number of aromatic amines is 1. The number of hydrogen-bond acceptors (Lipinski definition) is 5. The Labute approximate surface area is 180 Å². The van der Waals surface area contributed by atoms with E-state index in [0.717, 1.165) is 46.8 Å². The Hall–Kier alpha value is -3.48. The first-order valence-electron chi connectivity index (χ1n) is 10.7. The van der Waals surface area contributed by atoms with Gasteiger partial charge in [0, 0.05) is 42.8 Å². The van der Waals surface area contributed by atoms with Gasteiger partial charge in [-0.1, -0.05) is 13.8 Å². The van der Waals surface area contributed by atoms with E-state index in [1.807, 2.05) is 18.5 Å². The minimum absolute atomic E-state index is 0.242. The second-order valence-electron chi connectivity index (χ2n) is 8.23. The van der Waals surface area contributed by atoms with E-state index in [2.05, 4.69) is 39.0 Å². The molecule has 4 aromatic rings. The molecule has 1 saturated heterocycles. The molecule has 7 heteroatoms. The molecule has 4 heterocycles. The Balaban J connectivity index is 1.59. The zero-order chi connectivity index (χ0) is 21.4. The first-order valence-corrected chi connectivity index (χ1v) is 10.7. The molecule has 0 radical (unpaired) electrons. The number of hydrogen-bond donors (Lipinski definition) is 2. The highest BCUT2D eigenvalue weighted by Crippen LogP contribution is 2.36. The molecule has 0 atom stereocenters. The van der Waals surface area contributed by atoms with E-state index in [0.29, 0.717) is 5.82 Å². The van der Waals surface area contributed by atoms with Crippen LogP contribution < -0.4 is 10.2 Å². The van der Waals surface area contributed by atoms with Crippen molar-refractivity contribution < 1.29 is 4.39 Å². The molecule has 0 amide bonds. The number of benzene rings is 1. The van der Waals surface area contributed by atoms with Crippen LogP contribution >= 0.6 is 0 Å². The molecule has 0 bridgehead atoms. The molecule has 2 N–H and O–H groups in total. The summed E-state index contributed by atoms with van der Waals surface area (Å²) < 4.78 is 13.4. The molecule has 1 aliphatic heterocycles. The zero-order valence-electron chi connectivity index (χ0n) is 17.7. The number of nitrogens with zero attached hydrogens (tertiary/aromatic N) is 4. The van der Waals surface area contributed by atoms with Crippen LogP contribution in [0.1, 0.15) is 38.2 Å². The van der Waals surface area contributed by atoms with Crippen LogP contribution in [0, 0.1) is 5.82 Å². The summed E-state index contributed by atoms with van der Waals surface area (Å²) in [7, 11) is 0. The van der Waals surface area contributed by atoms with Crippen molar-refractivity contribution in [2.45, 2.75) is 32.6 Å². The van der Waals surface area contributed by atoms with Gasteiger partial charge in [-0.25, -0.2) is 19.3 Å². The van der Waals surface area contributed by atoms with Gasteiger partial charge in [0.05, 0.1) is 16.8 Å². The number of anilines is 3. The third kappa shape index (κ3) is 3.71. The van der Waals surface area contributed by atoms with Crippen molar-refractivity contribution in [1.29, 1.82) is 0 Å². The predicted octanol–water partition coefficient (Wildman–Crippen LogP) is 5.63. The van der Waals surface area contributed by atoms with Crippen molar-refractivity contribution in [2.24, 2.45) is 0 Å². The van der Waals surface area contributed by atoms with Crippen LogP contribution in [0.5, 0.6) is 0 Å². The maximum absolute atomic E-state index is 13.4. The monoisotopic (exact) mass is 416 g/mol. The number of fused-ring (bicyclic) bond motifs is 1. The maximum atomic E-state index is 13.4.